The number of fused-ring (bicyclic) bond motifs is 2. The van der Waals surface area contributed by atoms with Gasteiger partial charge in [0.2, 0.25) is 0 Å². The Balaban J connectivity index is 0.000000174. The van der Waals surface area contributed by atoms with Crippen molar-refractivity contribution in [3.8, 4) is 0 Å². The molecule has 4 N–H and O–H groups in total. The number of nitrogens with one attached hydrogen (secondary N) is 4. The van der Waals surface area contributed by atoms with Crippen molar-refractivity contribution in [1.29, 1.82) is 0 Å². The topological polar surface area (TPSA) is 92.4 Å². The van der Waals surface area contributed by atoms with Crippen LogP contribution in [-0.2, 0) is 21.8 Å². The predicted molar refractivity (Wildman–Crippen MR) is 201 cm³/mol. The molecule has 0 radical (unpaired) electrons. The molecule has 0 bridgehead atoms. The lowest BCUT2D eigenvalue weighted by Crippen LogP contribution is -2.33. The number of halogens is 6. The molecule has 0 unspecified atom stereocenters. The largest absolute Gasteiger partial charge is 0.433 e. The fraction of sp³-hybridized carbons (Fsp3) is 0.268. The van der Waals surface area contributed by atoms with Crippen LogP contribution in [0.5, 0.6) is 0 Å². The highest BCUT2D eigenvalue weighted by Crippen LogP contribution is 2.40. The molecule has 2 fully saturated rings. The number of benzene rings is 4. The Kier molecular flexibility index (Phi) is 11.2. The first-order valence-corrected chi connectivity index (χ1v) is 17.8. The summed E-state index contributed by atoms with van der Waals surface area (Å²) in [5.41, 5.74) is 3.11. The zero-order chi connectivity index (χ0) is 38.6. The number of aryl methyl sites for hydroxylation is 1. The van der Waals surface area contributed by atoms with Crippen LogP contribution >= 0.6 is 0 Å². The van der Waals surface area contributed by atoms with E-state index in [-0.39, 0.29) is 23.3 Å². The van der Waals surface area contributed by atoms with Crippen LogP contribution < -0.4 is 21.3 Å². The van der Waals surface area contributed by atoms with E-state index in [0.29, 0.717) is 31.0 Å². The Morgan fingerprint density at radius 2 is 1.20 bits per heavy atom. The van der Waals surface area contributed by atoms with Crippen molar-refractivity contribution in [3.63, 3.8) is 0 Å². The molecule has 4 aromatic carbocycles. The van der Waals surface area contributed by atoms with Crippen LogP contribution in [0, 0.1) is 6.92 Å². The number of aromatic nitrogens is 2. The standard InChI is InChI=1S/C21H17F6N3O.C20H21N3O/c22-20(23,24)15-3-1-2-14-16(10-18(21(25,26)27)30-19(14)15)29-13-6-4-12(5-7-13)17-11-28-8-9-31-17;1-14-5-6-16-3-2-4-18(20(16)22-14)23-17-9-7-15(8-10-17)19-13-21-11-12-24-19/h1-7,10,17,28H,8-9,11H2,(H,29,30);2-10,19,21,23H,11-13H2,1H3/t17-;19-/m11/s1. The molecule has 0 amide bonds. The average molecular weight is 761 g/mol. The van der Waals surface area contributed by atoms with Gasteiger partial charge in [0.05, 0.1) is 53.4 Å². The molecule has 286 valence electrons. The SMILES string of the molecule is Cc1ccc2cccc(Nc3ccc([C@H]4CNCCO4)cc3)c2n1.FC(F)(F)c1cc(Nc2ccc([C@H]3CNCCO3)cc2)c2cccc(C(F)(F)F)c2n1. The first-order chi connectivity index (χ1) is 26.4. The second-order valence-corrected chi connectivity index (χ2v) is 13.2. The highest BCUT2D eigenvalue weighted by molar-refractivity contribution is 5.95. The molecule has 2 aliphatic rings. The van der Waals surface area contributed by atoms with Gasteiger partial charge in [-0.15, -0.1) is 0 Å². The monoisotopic (exact) mass is 760 g/mol. The van der Waals surface area contributed by atoms with Crippen LogP contribution in [0.25, 0.3) is 21.8 Å². The predicted octanol–water partition coefficient (Wildman–Crippen LogP) is 9.62. The summed E-state index contributed by atoms with van der Waals surface area (Å²) in [4.78, 5) is 7.95. The van der Waals surface area contributed by atoms with E-state index in [1.807, 2.05) is 13.0 Å². The summed E-state index contributed by atoms with van der Waals surface area (Å²) < 4.78 is 91.5. The number of hydrogen-bond acceptors (Lipinski definition) is 8. The van der Waals surface area contributed by atoms with Crippen LogP contribution in [0.15, 0.2) is 103 Å². The van der Waals surface area contributed by atoms with E-state index < -0.39 is 29.1 Å². The molecule has 8 rings (SSSR count). The van der Waals surface area contributed by atoms with Crippen LogP contribution in [-0.4, -0.2) is 49.4 Å². The fourth-order valence-electron chi connectivity index (χ4n) is 6.50. The molecule has 6 aromatic rings. The molecule has 2 atom stereocenters. The number of alkyl halides is 6. The summed E-state index contributed by atoms with van der Waals surface area (Å²) in [6.07, 6.45) is -9.74. The Morgan fingerprint density at radius 3 is 1.75 bits per heavy atom. The van der Waals surface area contributed by atoms with E-state index >= 15 is 0 Å². The molecule has 0 saturated carbocycles. The number of para-hydroxylation sites is 2. The summed E-state index contributed by atoms with van der Waals surface area (Å²) >= 11 is 0. The Bertz CT molecular complexity index is 2240. The van der Waals surface area contributed by atoms with Gasteiger partial charge in [-0.2, -0.15) is 26.3 Å². The highest BCUT2D eigenvalue weighted by Gasteiger charge is 2.37. The maximum Gasteiger partial charge on any atom is 0.433 e. The van der Waals surface area contributed by atoms with Crippen molar-refractivity contribution in [3.05, 3.63) is 131 Å². The molecular formula is C41H38F6N6O2. The van der Waals surface area contributed by atoms with Gasteiger partial charge in [0.1, 0.15) is 5.69 Å². The van der Waals surface area contributed by atoms with E-state index in [0.717, 1.165) is 65.8 Å². The van der Waals surface area contributed by atoms with Crippen molar-refractivity contribution in [2.45, 2.75) is 31.5 Å². The van der Waals surface area contributed by atoms with E-state index in [4.69, 9.17) is 9.47 Å². The van der Waals surface area contributed by atoms with Crippen LogP contribution in [0.2, 0.25) is 0 Å². The van der Waals surface area contributed by atoms with Crippen molar-refractivity contribution < 1.29 is 35.8 Å². The Labute approximate surface area is 313 Å². The molecule has 2 aliphatic heterocycles. The van der Waals surface area contributed by atoms with Gasteiger partial charge in [-0.1, -0.05) is 54.6 Å². The van der Waals surface area contributed by atoms with E-state index in [1.54, 1.807) is 24.3 Å². The Hall–Kier alpha value is -5.28. The number of nitrogens with zero attached hydrogens (tertiary/aromatic N) is 2. The second kappa shape index (κ2) is 16.2. The van der Waals surface area contributed by atoms with Crippen LogP contribution in [0.1, 0.15) is 40.3 Å². The smallest absolute Gasteiger partial charge is 0.371 e. The lowest BCUT2D eigenvalue weighted by molar-refractivity contribution is -0.142. The third-order valence-corrected chi connectivity index (χ3v) is 9.27. The van der Waals surface area contributed by atoms with Gasteiger partial charge in [0.15, 0.2) is 0 Å². The van der Waals surface area contributed by atoms with Gasteiger partial charge in [-0.05, 0) is 66.6 Å². The number of pyridine rings is 2. The minimum atomic E-state index is -4.90. The summed E-state index contributed by atoms with van der Waals surface area (Å²) in [5.74, 6) is 0. The van der Waals surface area contributed by atoms with E-state index in [9.17, 15) is 26.3 Å². The first-order valence-electron chi connectivity index (χ1n) is 17.8. The van der Waals surface area contributed by atoms with Gasteiger partial charge in [0.25, 0.3) is 0 Å². The number of hydrogen-bond donors (Lipinski definition) is 4. The van der Waals surface area contributed by atoms with Crippen molar-refractivity contribution in [2.24, 2.45) is 0 Å². The van der Waals surface area contributed by atoms with Gasteiger partial charge < -0.3 is 30.7 Å². The second-order valence-electron chi connectivity index (χ2n) is 13.2. The van der Waals surface area contributed by atoms with Gasteiger partial charge in [-0.25, -0.2) is 4.98 Å². The zero-order valence-electron chi connectivity index (χ0n) is 29.7. The third-order valence-electron chi connectivity index (χ3n) is 9.27. The first kappa shape index (κ1) is 38.0. The third kappa shape index (κ3) is 9.16. The normalized spacial score (nSPS) is 17.7. The lowest BCUT2D eigenvalue weighted by Gasteiger charge is -2.24. The molecule has 2 aromatic heterocycles. The van der Waals surface area contributed by atoms with Gasteiger partial charge >= 0.3 is 12.4 Å². The molecule has 2 saturated heterocycles. The number of ether oxygens (including phenoxy) is 2. The molecule has 14 heteroatoms. The van der Waals surface area contributed by atoms with Crippen molar-refractivity contribution >= 4 is 44.6 Å². The Morgan fingerprint density at radius 1 is 0.618 bits per heavy atom. The quantitative estimate of drug-likeness (QED) is 0.125. The zero-order valence-corrected chi connectivity index (χ0v) is 29.7. The minimum Gasteiger partial charge on any atom is -0.371 e. The van der Waals surface area contributed by atoms with Gasteiger partial charge in [-0.3, -0.25) is 4.98 Å². The minimum absolute atomic E-state index is 0.0632. The lowest BCUT2D eigenvalue weighted by atomic mass is 10.1. The fourth-order valence-corrected chi connectivity index (χ4v) is 6.50. The van der Waals surface area contributed by atoms with Gasteiger partial charge in [0, 0.05) is 54.0 Å². The molecule has 0 spiro atoms. The summed E-state index contributed by atoms with van der Waals surface area (Å²) in [5, 5.41) is 13.9. The molecule has 55 heavy (non-hydrogen) atoms. The molecule has 4 heterocycles. The number of rotatable bonds is 6. The molecule has 8 nitrogen and oxygen atoms in total. The van der Waals surface area contributed by atoms with Crippen LogP contribution in [0.4, 0.5) is 49.1 Å². The summed E-state index contributed by atoms with van der Waals surface area (Å²) in [6.45, 7) is 6.55. The number of morpholine rings is 2. The number of anilines is 4. The van der Waals surface area contributed by atoms with Crippen LogP contribution in [0.3, 0.4) is 0 Å². The molecule has 0 aliphatic carbocycles. The summed E-state index contributed by atoms with van der Waals surface area (Å²) in [7, 11) is 0. The molecular weight excluding hydrogens is 722 g/mol. The van der Waals surface area contributed by atoms with Crippen molar-refractivity contribution in [2.75, 3.05) is 50.0 Å². The van der Waals surface area contributed by atoms with E-state index in [1.165, 1.54) is 11.6 Å². The van der Waals surface area contributed by atoms with Crippen molar-refractivity contribution in [1.82, 2.24) is 20.6 Å². The maximum absolute atomic E-state index is 13.4. The highest BCUT2D eigenvalue weighted by atomic mass is 19.4. The summed E-state index contributed by atoms with van der Waals surface area (Å²) in [6, 6.07) is 29.5. The maximum atomic E-state index is 13.4. The average Bonchev–Trinajstić information content (AvgIpc) is 3.19. The van der Waals surface area contributed by atoms with E-state index in [2.05, 4.69) is 79.8 Å².